The van der Waals surface area contributed by atoms with Gasteiger partial charge in [0.1, 0.15) is 6.07 Å². The molecule has 0 spiro atoms. The summed E-state index contributed by atoms with van der Waals surface area (Å²) in [6, 6.07) is 1.86. The molecule has 0 aromatic rings. The van der Waals surface area contributed by atoms with Crippen LogP contribution in [0.25, 0.3) is 0 Å². The van der Waals surface area contributed by atoms with Crippen molar-refractivity contribution in [2.24, 2.45) is 16.0 Å². The average Bonchev–Trinajstić information content (AvgIpc) is 2.14. The summed E-state index contributed by atoms with van der Waals surface area (Å²) in [5.74, 6) is 0. The van der Waals surface area contributed by atoms with Crippen molar-refractivity contribution < 1.29 is 0 Å². The van der Waals surface area contributed by atoms with E-state index in [9.17, 15) is 0 Å². The van der Waals surface area contributed by atoms with Crippen LogP contribution < -0.4 is 5.73 Å². The maximum atomic E-state index is 8.22. The van der Waals surface area contributed by atoms with E-state index in [4.69, 9.17) is 11.0 Å². The molecule has 0 fully saturated rings. The van der Waals surface area contributed by atoms with Gasteiger partial charge in [0.2, 0.25) is 0 Å². The number of hydrogen-bond acceptors (Lipinski definition) is 4. The quantitative estimate of drug-likeness (QED) is 0.479. The van der Waals surface area contributed by atoms with Gasteiger partial charge < -0.3 is 5.73 Å². The van der Waals surface area contributed by atoms with Crippen molar-refractivity contribution in [3.8, 4) is 6.07 Å². The van der Waals surface area contributed by atoms with E-state index < -0.39 is 6.17 Å². The van der Waals surface area contributed by atoms with Crippen LogP contribution in [0.15, 0.2) is 22.0 Å². The minimum absolute atomic E-state index is 0.421. The maximum Gasteiger partial charge on any atom is 0.156 e. The van der Waals surface area contributed by atoms with Crippen LogP contribution in [0.5, 0.6) is 0 Å². The van der Waals surface area contributed by atoms with E-state index in [1.807, 2.05) is 6.07 Å². The highest BCUT2D eigenvalue weighted by Gasteiger charge is 2.10. The van der Waals surface area contributed by atoms with Crippen LogP contribution >= 0.6 is 0 Å². The first-order chi connectivity index (χ1) is 3.84. The van der Waals surface area contributed by atoms with E-state index in [0.717, 1.165) is 0 Å². The summed E-state index contributed by atoms with van der Waals surface area (Å²) in [6.07, 6.45) is 0.852. The first-order valence-electron chi connectivity index (χ1n) is 2.10. The van der Waals surface area contributed by atoms with Gasteiger partial charge in [-0.05, 0) is 0 Å². The monoisotopic (exact) mass is 108 g/mol. The SMILES string of the molecule is N#CC1=CN=N[C@H]1N. The summed E-state index contributed by atoms with van der Waals surface area (Å²) < 4.78 is 0. The Hall–Kier alpha value is -1.21. The van der Waals surface area contributed by atoms with Crippen molar-refractivity contribution in [3.63, 3.8) is 0 Å². The van der Waals surface area contributed by atoms with Gasteiger partial charge in [-0.25, -0.2) is 0 Å². The predicted molar refractivity (Wildman–Crippen MR) is 26.5 cm³/mol. The zero-order valence-corrected chi connectivity index (χ0v) is 4.07. The van der Waals surface area contributed by atoms with Crippen molar-refractivity contribution in [2.45, 2.75) is 6.17 Å². The topological polar surface area (TPSA) is 74.5 Å². The third-order valence-corrected chi connectivity index (χ3v) is 0.836. The minimum atomic E-state index is -0.514. The molecule has 1 rings (SSSR count). The molecule has 0 radical (unpaired) electrons. The lowest BCUT2D eigenvalue weighted by Gasteiger charge is -1.90. The molecule has 0 amide bonds. The zero-order chi connectivity index (χ0) is 5.98. The molecule has 1 aliphatic rings. The Morgan fingerprint density at radius 3 is 2.88 bits per heavy atom. The minimum Gasteiger partial charge on any atom is -0.304 e. The van der Waals surface area contributed by atoms with Gasteiger partial charge in [0.15, 0.2) is 6.17 Å². The lowest BCUT2D eigenvalue weighted by molar-refractivity contribution is 0.827. The maximum absolute atomic E-state index is 8.22. The Bertz CT molecular complexity index is 185. The van der Waals surface area contributed by atoms with E-state index in [2.05, 4.69) is 10.2 Å². The van der Waals surface area contributed by atoms with Crippen molar-refractivity contribution in [2.75, 3.05) is 0 Å². The largest absolute Gasteiger partial charge is 0.304 e. The predicted octanol–water partition coefficient (Wildman–Crippen LogP) is 0.144. The van der Waals surface area contributed by atoms with Crippen LogP contribution in [-0.2, 0) is 0 Å². The third-order valence-electron chi connectivity index (χ3n) is 0.836. The van der Waals surface area contributed by atoms with Gasteiger partial charge in [-0.2, -0.15) is 15.5 Å². The summed E-state index contributed by atoms with van der Waals surface area (Å²) >= 11 is 0. The second kappa shape index (κ2) is 1.72. The average molecular weight is 108 g/mol. The van der Waals surface area contributed by atoms with Gasteiger partial charge >= 0.3 is 0 Å². The molecule has 0 unspecified atom stereocenters. The van der Waals surface area contributed by atoms with Crippen molar-refractivity contribution in [1.29, 1.82) is 5.26 Å². The number of nitriles is 1. The third kappa shape index (κ3) is 0.591. The Morgan fingerprint density at radius 1 is 1.88 bits per heavy atom. The Kier molecular flexibility index (Phi) is 1.06. The van der Waals surface area contributed by atoms with Crippen molar-refractivity contribution in [1.82, 2.24) is 0 Å². The van der Waals surface area contributed by atoms with Gasteiger partial charge in [-0.3, -0.25) is 0 Å². The molecular formula is C4H4N4. The van der Waals surface area contributed by atoms with E-state index in [1.165, 1.54) is 6.20 Å². The highest BCUT2D eigenvalue weighted by atomic mass is 15.2. The number of rotatable bonds is 0. The molecular weight excluding hydrogens is 104 g/mol. The van der Waals surface area contributed by atoms with E-state index in [1.54, 1.807) is 0 Å². The zero-order valence-electron chi connectivity index (χ0n) is 4.07. The van der Waals surface area contributed by atoms with Gasteiger partial charge in [0.05, 0.1) is 11.8 Å². The van der Waals surface area contributed by atoms with Crippen LogP contribution in [0.2, 0.25) is 0 Å². The number of nitrogens with two attached hydrogens (primary N) is 1. The molecule has 2 N–H and O–H groups in total. The standard InChI is InChI=1S/C4H4N4/c5-1-3-2-7-8-4(3)6/h2,4H,6H2/t4-/m1/s1. The summed E-state index contributed by atoms with van der Waals surface area (Å²) in [4.78, 5) is 0. The molecule has 0 aromatic heterocycles. The first-order valence-corrected chi connectivity index (χ1v) is 2.10. The molecule has 1 heterocycles. The highest BCUT2D eigenvalue weighted by molar-refractivity contribution is 5.27. The molecule has 0 saturated carbocycles. The Morgan fingerprint density at radius 2 is 2.62 bits per heavy atom. The second-order valence-electron chi connectivity index (χ2n) is 1.37. The molecule has 40 valence electrons. The Labute approximate surface area is 46.3 Å². The van der Waals surface area contributed by atoms with Crippen molar-refractivity contribution >= 4 is 0 Å². The first kappa shape index (κ1) is 4.94. The lowest BCUT2D eigenvalue weighted by Crippen LogP contribution is -2.15. The van der Waals surface area contributed by atoms with Crippen molar-refractivity contribution in [3.05, 3.63) is 11.8 Å². The molecule has 0 bridgehead atoms. The summed E-state index contributed by atoms with van der Waals surface area (Å²) in [5.41, 5.74) is 5.66. The molecule has 8 heavy (non-hydrogen) atoms. The normalized spacial score (nSPS) is 25.0. The summed E-state index contributed by atoms with van der Waals surface area (Å²) in [5, 5.41) is 15.1. The molecule has 4 nitrogen and oxygen atoms in total. The number of nitrogens with zero attached hydrogens (tertiary/aromatic N) is 3. The molecule has 0 aromatic carbocycles. The van der Waals surface area contributed by atoms with Crippen LogP contribution in [0.1, 0.15) is 0 Å². The fraction of sp³-hybridized carbons (Fsp3) is 0.250. The molecule has 4 heteroatoms. The van der Waals surface area contributed by atoms with Gasteiger partial charge in [0, 0.05) is 0 Å². The lowest BCUT2D eigenvalue weighted by atomic mass is 10.3. The van der Waals surface area contributed by atoms with Crippen LogP contribution in [0, 0.1) is 11.3 Å². The van der Waals surface area contributed by atoms with Gasteiger partial charge in [0.25, 0.3) is 0 Å². The van der Waals surface area contributed by atoms with E-state index >= 15 is 0 Å². The van der Waals surface area contributed by atoms with Gasteiger partial charge in [-0.1, -0.05) is 0 Å². The smallest absolute Gasteiger partial charge is 0.156 e. The van der Waals surface area contributed by atoms with Crippen LogP contribution in [-0.4, -0.2) is 6.17 Å². The van der Waals surface area contributed by atoms with Crippen LogP contribution in [0.4, 0.5) is 0 Å². The number of azo groups is 1. The van der Waals surface area contributed by atoms with E-state index in [-0.39, 0.29) is 0 Å². The van der Waals surface area contributed by atoms with Crippen LogP contribution in [0.3, 0.4) is 0 Å². The van der Waals surface area contributed by atoms with Gasteiger partial charge in [-0.15, -0.1) is 0 Å². The Balaban J connectivity index is 2.77. The molecule has 1 aliphatic heterocycles. The molecule has 0 saturated heterocycles. The van der Waals surface area contributed by atoms with E-state index in [0.29, 0.717) is 5.57 Å². The summed E-state index contributed by atoms with van der Waals surface area (Å²) in [7, 11) is 0. The summed E-state index contributed by atoms with van der Waals surface area (Å²) in [6.45, 7) is 0. The fourth-order valence-electron chi connectivity index (χ4n) is 0.401. The second-order valence-corrected chi connectivity index (χ2v) is 1.37. The number of hydrogen-bond donors (Lipinski definition) is 1. The fourth-order valence-corrected chi connectivity index (χ4v) is 0.401. The molecule has 0 aliphatic carbocycles. The molecule has 1 atom stereocenters. The highest BCUT2D eigenvalue weighted by Crippen LogP contribution is 2.07.